The molecule has 0 N–H and O–H groups in total. The molecule has 0 saturated heterocycles. The van der Waals surface area contributed by atoms with Gasteiger partial charge in [0.25, 0.3) is 0 Å². The number of hydrogen-bond acceptors (Lipinski definition) is 4. The Morgan fingerprint density at radius 2 is 1.35 bits per heavy atom. The van der Waals surface area contributed by atoms with Crippen LogP contribution in [0.15, 0.2) is 83.8 Å². The summed E-state index contributed by atoms with van der Waals surface area (Å²) in [6.45, 7) is 2.46. The lowest BCUT2D eigenvalue weighted by Crippen LogP contribution is -2.09. The van der Waals surface area contributed by atoms with Gasteiger partial charge >= 0.3 is 10.1 Å². The minimum Gasteiger partial charge on any atom is -0.489 e. The van der Waals surface area contributed by atoms with Crippen molar-refractivity contribution in [2.24, 2.45) is 0 Å². The van der Waals surface area contributed by atoms with Crippen molar-refractivity contribution in [3.05, 3.63) is 90.0 Å². The van der Waals surface area contributed by atoms with E-state index in [1.54, 1.807) is 48.5 Å². The molecule has 134 valence electrons. The molecule has 3 rings (SSSR count). The van der Waals surface area contributed by atoms with Crippen LogP contribution in [0, 0.1) is 0 Å². The lowest BCUT2D eigenvalue weighted by Gasteiger charge is -2.09. The second-order valence-electron chi connectivity index (χ2n) is 5.78. The summed E-state index contributed by atoms with van der Waals surface area (Å²) in [5.41, 5.74) is 2.13. The van der Waals surface area contributed by atoms with E-state index in [4.69, 9.17) is 8.92 Å². The number of hydrogen-bond donors (Lipinski definition) is 0. The molecule has 3 aromatic carbocycles. The van der Waals surface area contributed by atoms with Gasteiger partial charge in [0.2, 0.25) is 0 Å². The monoisotopic (exact) mass is 368 g/mol. The number of rotatable bonds is 7. The molecule has 0 aliphatic heterocycles. The number of benzene rings is 3. The molecule has 0 spiro atoms. The van der Waals surface area contributed by atoms with Gasteiger partial charge < -0.3 is 8.92 Å². The average molecular weight is 368 g/mol. The lowest BCUT2D eigenvalue weighted by molar-refractivity contribution is 0.306. The van der Waals surface area contributed by atoms with Gasteiger partial charge in [0.1, 0.15) is 23.0 Å². The van der Waals surface area contributed by atoms with Gasteiger partial charge in [-0.2, -0.15) is 8.42 Å². The Morgan fingerprint density at radius 3 is 1.96 bits per heavy atom. The van der Waals surface area contributed by atoms with Crippen LogP contribution in [0.25, 0.3) is 0 Å². The molecule has 0 aliphatic rings. The summed E-state index contributed by atoms with van der Waals surface area (Å²) in [5, 5.41) is 0. The van der Waals surface area contributed by atoms with Crippen LogP contribution < -0.4 is 8.92 Å². The van der Waals surface area contributed by atoms with E-state index in [0.29, 0.717) is 12.4 Å². The van der Waals surface area contributed by atoms with Crippen molar-refractivity contribution in [2.45, 2.75) is 24.8 Å². The second-order valence-corrected chi connectivity index (χ2v) is 7.33. The van der Waals surface area contributed by atoms with E-state index in [1.165, 1.54) is 0 Å². The Kier molecular flexibility index (Phi) is 5.58. The Hall–Kier alpha value is -2.79. The van der Waals surface area contributed by atoms with Crippen LogP contribution >= 0.6 is 0 Å². The van der Waals surface area contributed by atoms with E-state index >= 15 is 0 Å². The van der Waals surface area contributed by atoms with E-state index in [9.17, 15) is 8.42 Å². The quantitative estimate of drug-likeness (QED) is 0.572. The predicted molar refractivity (Wildman–Crippen MR) is 101 cm³/mol. The zero-order valence-electron chi connectivity index (χ0n) is 14.5. The molecule has 0 aromatic heterocycles. The molecule has 0 saturated carbocycles. The number of aryl methyl sites for hydroxylation is 1. The van der Waals surface area contributed by atoms with Crippen molar-refractivity contribution >= 4 is 10.1 Å². The molecule has 0 heterocycles. The fourth-order valence-electron chi connectivity index (χ4n) is 2.40. The molecule has 5 heteroatoms. The van der Waals surface area contributed by atoms with Crippen molar-refractivity contribution in [2.75, 3.05) is 0 Å². The highest BCUT2D eigenvalue weighted by atomic mass is 32.2. The molecule has 0 fully saturated rings. The van der Waals surface area contributed by atoms with Crippen molar-refractivity contribution < 1.29 is 17.3 Å². The van der Waals surface area contributed by atoms with E-state index < -0.39 is 10.1 Å². The van der Waals surface area contributed by atoms with Crippen molar-refractivity contribution in [3.63, 3.8) is 0 Å². The van der Waals surface area contributed by atoms with E-state index in [0.717, 1.165) is 17.5 Å². The third kappa shape index (κ3) is 4.64. The molecule has 0 unspecified atom stereocenters. The van der Waals surface area contributed by atoms with E-state index in [-0.39, 0.29) is 10.6 Å². The first kappa shape index (κ1) is 18.0. The van der Waals surface area contributed by atoms with Gasteiger partial charge in [0.15, 0.2) is 0 Å². The maximum absolute atomic E-state index is 12.3. The highest BCUT2D eigenvalue weighted by Crippen LogP contribution is 2.22. The summed E-state index contributed by atoms with van der Waals surface area (Å²) < 4.78 is 35.6. The summed E-state index contributed by atoms with van der Waals surface area (Å²) in [7, 11) is -3.85. The molecule has 0 amide bonds. The minimum absolute atomic E-state index is 0.138. The minimum atomic E-state index is -3.85. The molecule has 4 nitrogen and oxygen atoms in total. The third-order valence-electron chi connectivity index (χ3n) is 3.90. The lowest BCUT2D eigenvalue weighted by atomic mass is 10.2. The Labute approximate surface area is 154 Å². The molecule has 0 bridgehead atoms. The molecular weight excluding hydrogens is 348 g/mol. The van der Waals surface area contributed by atoms with Gasteiger partial charge in [0.05, 0.1) is 0 Å². The Balaban J connectivity index is 1.64. The average Bonchev–Trinajstić information content (AvgIpc) is 2.68. The molecule has 0 radical (unpaired) electrons. The van der Waals surface area contributed by atoms with Crippen molar-refractivity contribution in [1.29, 1.82) is 0 Å². The summed E-state index contributed by atoms with van der Waals surface area (Å²) in [6.07, 6.45) is 0.853. The summed E-state index contributed by atoms with van der Waals surface area (Å²) >= 11 is 0. The smallest absolute Gasteiger partial charge is 0.339 e. The Morgan fingerprint density at radius 1 is 0.731 bits per heavy atom. The van der Waals surface area contributed by atoms with Crippen LogP contribution in [0.5, 0.6) is 11.5 Å². The SMILES string of the molecule is CCc1ccc(S(=O)(=O)Oc2ccc(OCc3ccccc3)cc2)cc1. The predicted octanol–water partition coefficient (Wildman–Crippen LogP) is 4.60. The van der Waals surface area contributed by atoms with Crippen LogP contribution in [0.1, 0.15) is 18.1 Å². The van der Waals surface area contributed by atoms with Crippen LogP contribution in [-0.4, -0.2) is 8.42 Å². The van der Waals surface area contributed by atoms with Gasteiger partial charge in [-0.3, -0.25) is 0 Å². The van der Waals surface area contributed by atoms with Gasteiger partial charge in [0, 0.05) is 0 Å². The highest BCUT2D eigenvalue weighted by molar-refractivity contribution is 7.87. The van der Waals surface area contributed by atoms with E-state index in [1.807, 2.05) is 37.3 Å². The van der Waals surface area contributed by atoms with Crippen LogP contribution in [0.2, 0.25) is 0 Å². The molecule has 26 heavy (non-hydrogen) atoms. The zero-order valence-corrected chi connectivity index (χ0v) is 15.3. The topological polar surface area (TPSA) is 52.6 Å². The largest absolute Gasteiger partial charge is 0.489 e. The summed E-state index contributed by atoms with van der Waals surface area (Å²) in [5.74, 6) is 0.891. The van der Waals surface area contributed by atoms with Crippen LogP contribution in [0.3, 0.4) is 0 Å². The molecule has 0 aliphatic carbocycles. The number of ether oxygens (including phenoxy) is 1. The fourth-order valence-corrected chi connectivity index (χ4v) is 3.33. The molecule has 3 aromatic rings. The fraction of sp³-hybridized carbons (Fsp3) is 0.143. The van der Waals surface area contributed by atoms with Gasteiger partial charge in [-0.25, -0.2) is 0 Å². The van der Waals surface area contributed by atoms with Crippen LogP contribution in [0.4, 0.5) is 0 Å². The maximum Gasteiger partial charge on any atom is 0.339 e. The van der Waals surface area contributed by atoms with Gasteiger partial charge in [-0.15, -0.1) is 0 Å². The first-order valence-electron chi connectivity index (χ1n) is 8.37. The van der Waals surface area contributed by atoms with Crippen molar-refractivity contribution in [3.8, 4) is 11.5 Å². The van der Waals surface area contributed by atoms with E-state index in [2.05, 4.69) is 0 Å². The molecular formula is C21H20O4S. The first-order chi connectivity index (χ1) is 12.6. The van der Waals surface area contributed by atoms with Crippen molar-refractivity contribution in [1.82, 2.24) is 0 Å². The Bertz CT molecular complexity index is 932. The normalized spacial score (nSPS) is 11.1. The standard InChI is InChI=1S/C21H20O4S/c1-2-17-8-14-21(15-9-17)26(22,23)25-20-12-10-19(11-13-20)24-16-18-6-4-3-5-7-18/h3-15H,2,16H2,1H3. The summed E-state index contributed by atoms with van der Waals surface area (Å²) in [4.78, 5) is 0.138. The maximum atomic E-state index is 12.3. The van der Waals surface area contributed by atoms with Gasteiger partial charge in [-0.1, -0.05) is 49.4 Å². The van der Waals surface area contributed by atoms with Gasteiger partial charge in [-0.05, 0) is 53.9 Å². The third-order valence-corrected chi connectivity index (χ3v) is 5.16. The first-order valence-corrected chi connectivity index (χ1v) is 9.78. The van der Waals surface area contributed by atoms with Crippen LogP contribution in [-0.2, 0) is 23.1 Å². The highest BCUT2D eigenvalue weighted by Gasteiger charge is 2.16. The molecule has 0 atom stereocenters. The summed E-state index contributed by atoms with van der Waals surface area (Å²) in [6, 6.07) is 23.1. The second kappa shape index (κ2) is 8.06. The zero-order chi connectivity index (χ0) is 18.4.